The molecule has 3 aromatic rings. The lowest BCUT2D eigenvalue weighted by molar-refractivity contribution is -0.144. The summed E-state index contributed by atoms with van der Waals surface area (Å²) in [6.45, 7) is 5.65. The number of fused-ring (bicyclic) bond motifs is 1. The van der Waals surface area contributed by atoms with Gasteiger partial charge in [-0.1, -0.05) is 73.6 Å². The van der Waals surface area contributed by atoms with Gasteiger partial charge >= 0.3 is 7.12 Å². The zero-order chi connectivity index (χ0) is 27.3. The molecule has 0 saturated carbocycles. The molecular weight excluding hydrogens is 483 g/mol. The maximum absolute atomic E-state index is 13.6. The van der Waals surface area contributed by atoms with Gasteiger partial charge in [-0.2, -0.15) is 0 Å². The first-order valence-corrected chi connectivity index (χ1v) is 12.8. The van der Waals surface area contributed by atoms with E-state index in [1.807, 2.05) is 74.5 Å². The average Bonchev–Trinajstić information content (AvgIpc) is 3.33. The highest BCUT2D eigenvalue weighted by Gasteiger charge is 2.49. The summed E-state index contributed by atoms with van der Waals surface area (Å²) >= 11 is 0. The summed E-state index contributed by atoms with van der Waals surface area (Å²) in [4.78, 5) is 36.8. The lowest BCUT2D eigenvalue weighted by Gasteiger charge is -2.29. The molecule has 2 heterocycles. The van der Waals surface area contributed by atoms with Gasteiger partial charge in [0.15, 0.2) is 0 Å². The van der Waals surface area contributed by atoms with Crippen LogP contribution in [0.3, 0.4) is 0 Å². The van der Waals surface area contributed by atoms with Crippen molar-refractivity contribution in [3.63, 3.8) is 0 Å². The lowest BCUT2D eigenvalue weighted by Crippen LogP contribution is -2.56. The van der Waals surface area contributed by atoms with E-state index in [0.29, 0.717) is 17.8 Å². The third kappa shape index (κ3) is 6.20. The number of carbonyl (C=O) groups excluding carboxylic acids is 2. The summed E-state index contributed by atoms with van der Waals surface area (Å²) in [5.41, 5.74) is 0.254. The van der Waals surface area contributed by atoms with Gasteiger partial charge in [0, 0.05) is 24.4 Å². The third-order valence-corrected chi connectivity index (χ3v) is 6.69. The minimum atomic E-state index is -1.72. The van der Waals surface area contributed by atoms with Crippen LogP contribution in [0, 0.1) is 5.92 Å². The van der Waals surface area contributed by atoms with Crippen LogP contribution in [0.1, 0.15) is 49.7 Å². The fourth-order valence-corrected chi connectivity index (χ4v) is 4.67. The second-order valence-electron chi connectivity index (χ2n) is 10.2. The summed E-state index contributed by atoms with van der Waals surface area (Å²) in [7, 11) is -1.72. The molecule has 3 atom stereocenters. The van der Waals surface area contributed by atoms with Gasteiger partial charge in [-0.25, -0.2) is 0 Å². The Morgan fingerprint density at radius 1 is 1.03 bits per heavy atom. The molecule has 198 valence electrons. The maximum atomic E-state index is 13.6. The number of pyridine rings is 1. The molecule has 1 aliphatic heterocycles. The quantitative estimate of drug-likeness (QED) is 0.306. The van der Waals surface area contributed by atoms with Crippen molar-refractivity contribution < 1.29 is 24.5 Å². The molecule has 4 N–H and O–H groups in total. The molecule has 0 bridgehead atoms. The van der Waals surface area contributed by atoms with E-state index in [0.717, 1.165) is 16.3 Å². The van der Waals surface area contributed by atoms with E-state index in [9.17, 15) is 19.6 Å². The fourth-order valence-electron chi connectivity index (χ4n) is 4.67. The molecule has 0 aliphatic carbocycles. The number of nitrogens with one attached hydrogen (secondary N) is 2. The Labute approximate surface area is 222 Å². The number of aromatic nitrogens is 1. The molecule has 4 rings (SSSR count). The molecule has 3 unspecified atom stereocenters. The van der Waals surface area contributed by atoms with Crippen molar-refractivity contribution in [3.8, 4) is 0 Å². The van der Waals surface area contributed by atoms with E-state index in [2.05, 4.69) is 20.8 Å². The molecule has 2 amide bonds. The monoisotopic (exact) mass is 516 g/mol. The van der Waals surface area contributed by atoms with Crippen LogP contribution in [-0.2, 0) is 16.1 Å². The average molecular weight is 516 g/mol. The smallest absolute Gasteiger partial charge is 0.426 e. The Morgan fingerprint density at radius 2 is 1.74 bits per heavy atom. The van der Waals surface area contributed by atoms with E-state index in [4.69, 9.17) is 4.84 Å². The summed E-state index contributed by atoms with van der Waals surface area (Å²) in [5.74, 6) is -1.59. The Bertz CT molecular complexity index is 1310. The van der Waals surface area contributed by atoms with Gasteiger partial charge in [0.05, 0.1) is 17.7 Å². The summed E-state index contributed by atoms with van der Waals surface area (Å²) in [6, 6.07) is 18.2. The Morgan fingerprint density at radius 3 is 2.45 bits per heavy atom. The van der Waals surface area contributed by atoms with E-state index in [1.165, 1.54) is 0 Å². The highest BCUT2D eigenvalue weighted by atomic mass is 16.7. The van der Waals surface area contributed by atoms with Gasteiger partial charge in [0.1, 0.15) is 5.69 Å². The number of carbonyl (C=O) groups is 2. The molecule has 0 saturated heterocycles. The van der Waals surface area contributed by atoms with Gasteiger partial charge in [0.25, 0.3) is 11.8 Å². The predicted octanol–water partition coefficient (Wildman–Crippen LogP) is 2.65. The van der Waals surface area contributed by atoms with E-state index < -0.39 is 30.6 Å². The fraction of sp³-hybridized carbons (Fsp3) is 0.357. The van der Waals surface area contributed by atoms with Crippen LogP contribution in [0.2, 0.25) is 0 Å². The molecule has 1 aliphatic rings. The SMILES string of the molecule is CC(C)CC(NC(=O)C1(Cc2ccccc2)CC(C(C)NC(=O)c2nccc3ccccc23)=NO1)B(O)O. The summed E-state index contributed by atoms with van der Waals surface area (Å²) in [5, 5.41) is 31.3. The number of hydrogen-bond acceptors (Lipinski definition) is 7. The third-order valence-electron chi connectivity index (χ3n) is 6.69. The molecule has 38 heavy (non-hydrogen) atoms. The van der Waals surface area contributed by atoms with Crippen molar-refractivity contribution in [2.45, 2.75) is 57.6 Å². The number of oxime groups is 1. The number of hydrogen-bond donors (Lipinski definition) is 4. The van der Waals surface area contributed by atoms with Crippen LogP contribution in [-0.4, -0.2) is 57.3 Å². The van der Waals surface area contributed by atoms with Crippen LogP contribution in [0.5, 0.6) is 0 Å². The van der Waals surface area contributed by atoms with E-state index in [-0.39, 0.29) is 24.7 Å². The van der Waals surface area contributed by atoms with Gasteiger partial charge in [-0.3, -0.25) is 14.6 Å². The van der Waals surface area contributed by atoms with Crippen LogP contribution in [0.15, 0.2) is 72.0 Å². The molecule has 0 radical (unpaired) electrons. The molecule has 2 aromatic carbocycles. The van der Waals surface area contributed by atoms with Crippen molar-refractivity contribution in [1.82, 2.24) is 15.6 Å². The first kappa shape index (κ1) is 27.3. The zero-order valence-electron chi connectivity index (χ0n) is 21.8. The molecule has 10 heteroatoms. The van der Waals surface area contributed by atoms with Crippen molar-refractivity contribution in [2.75, 3.05) is 0 Å². The second-order valence-corrected chi connectivity index (χ2v) is 10.2. The van der Waals surface area contributed by atoms with Gasteiger partial charge in [-0.15, -0.1) is 0 Å². The molecule has 1 aromatic heterocycles. The van der Waals surface area contributed by atoms with Crippen LogP contribution < -0.4 is 10.6 Å². The van der Waals surface area contributed by atoms with Gasteiger partial charge < -0.3 is 25.5 Å². The lowest BCUT2D eigenvalue weighted by atomic mass is 9.74. The number of benzene rings is 2. The normalized spacial score (nSPS) is 18.4. The summed E-state index contributed by atoms with van der Waals surface area (Å²) in [6.07, 6.45) is 2.31. The molecular formula is C28H33BN4O5. The minimum Gasteiger partial charge on any atom is -0.426 e. The van der Waals surface area contributed by atoms with Gasteiger partial charge in [-0.05, 0) is 36.3 Å². The Hall–Kier alpha value is -3.76. The zero-order valence-corrected chi connectivity index (χ0v) is 21.8. The largest absolute Gasteiger partial charge is 0.475 e. The second kappa shape index (κ2) is 11.7. The number of amides is 2. The van der Waals surface area contributed by atoms with Crippen LogP contribution >= 0.6 is 0 Å². The predicted molar refractivity (Wildman–Crippen MR) is 146 cm³/mol. The van der Waals surface area contributed by atoms with E-state index in [1.54, 1.807) is 13.1 Å². The first-order valence-electron chi connectivity index (χ1n) is 12.8. The Balaban J connectivity index is 1.53. The van der Waals surface area contributed by atoms with Gasteiger partial charge in [0.2, 0.25) is 5.60 Å². The first-order chi connectivity index (χ1) is 18.2. The van der Waals surface area contributed by atoms with Crippen LogP contribution in [0.4, 0.5) is 0 Å². The highest BCUT2D eigenvalue weighted by molar-refractivity contribution is 6.43. The van der Waals surface area contributed by atoms with Crippen molar-refractivity contribution in [2.24, 2.45) is 11.1 Å². The molecule has 0 fully saturated rings. The minimum absolute atomic E-state index is 0.119. The Kier molecular flexibility index (Phi) is 8.43. The highest BCUT2D eigenvalue weighted by Crippen LogP contribution is 2.30. The maximum Gasteiger partial charge on any atom is 0.475 e. The summed E-state index contributed by atoms with van der Waals surface area (Å²) < 4.78 is 0. The van der Waals surface area contributed by atoms with Crippen molar-refractivity contribution in [1.29, 1.82) is 0 Å². The standard InChI is InChI=1S/C28H33BN4O5/c1-18(2)15-24(29(36)37)32-27(35)28(16-20-9-5-4-6-10-20)17-23(33-38-28)19(3)31-26(34)25-22-12-8-7-11-21(22)13-14-30-25/h4-14,18-19,24,36-37H,15-17H2,1-3H3,(H,31,34)(H,32,35). The van der Waals surface area contributed by atoms with Crippen molar-refractivity contribution in [3.05, 3.63) is 78.1 Å². The van der Waals surface area contributed by atoms with Crippen molar-refractivity contribution >= 4 is 35.4 Å². The number of nitrogens with zero attached hydrogens (tertiary/aromatic N) is 2. The van der Waals surface area contributed by atoms with Crippen LogP contribution in [0.25, 0.3) is 10.8 Å². The van der Waals surface area contributed by atoms with E-state index >= 15 is 0 Å². The number of rotatable bonds is 10. The molecule has 9 nitrogen and oxygen atoms in total. The topological polar surface area (TPSA) is 133 Å². The molecule has 0 spiro atoms.